The van der Waals surface area contributed by atoms with Crippen LogP contribution in [0.4, 0.5) is 0 Å². The smallest absolute Gasteiger partial charge is 0.156 e. The molecule has 1 N–H and O–H groups in total. The van der Waals surface area contributed by atoms with Gasteiger partial charge in [0.05, 0.1) is 16.1 Å². The molecule has 100 valence electrons. The lowest BCUT2D eigenvalue weighted by Crippen LogP contribution is -2.44. The summed E-state index contributed by atoms with van der Waals surface area (Å²) in [4.78, 5) is 0. The number of ether oxygens (including phenoxy) is 1. The number of unbranched alkanes of at least 4 members (excludes halogenated alkanes) is 1. The number of sulfone groups is 1. The molecule has 0 amide bonds. The standard InChI is InChI=1S/C12H22O4S/c1-16-7-3-2-6-12(13)8-10-4-5-11(9-12)17(10,14)15/h10-11,13H,2-9H2,1H3. The molecule has 2 aliphatic heterocycles. The van der Waals surface area contributed by atoms with Gasteiger partial charge in [0.1, 0.15) is 0 Å². The van der Waals surface area contributed by atoms with E-state index in [4.69, 9.17) is 4.74 Å². The van der Waals surface area contributed by atoms with Crippen molar-refractivity contribution >= 4 is 9.84 Å². The van der Waals surface area contributed by atoms with Gasteiger partial charge in [0.25, 0.3) is 0 Å². The molecule has 0 aromatic rings. The molecular weight excluding hydrogens is 240 g/mol. The Morgan fingerprint density at radius 1 is 1.24 bits per heavy atom. The zero-order valence-corrected chi connectivity index (χ0v) is 11.2. The second-order valence-corrected chi connectivity index (χ2v) is 8.00. The monoisotopic (exact) mass is 262 g/mol. The van der Waals surface area contributed by atoms with Crippen molar-refractivity contribution in [2.45, 2.75) is 61.0 Å². The third-order valence-corrected chi connectivity index (χ3v) is 6.86. The maximum absolute atomic E-state index is 11.9. The van der Waals surface area contributed by atoms with E-state index in [-0.39, 0.29) is 10.5 Å². The van der Waals surface area contributed by atoms with Gasteiger partial charge in [-0.2, -0.15) is 0 Å². The van der Waals surface area contributed by atoms with Gasteiger partial charge in [-0.05, 0) is 44.9 Å². The van der Waals surface area contributed by atoms with Crippen LogP contribution in [0, 0.1) is 0 Å². The summed E-state index contributed by atoms with van der Waals surface area (Å²) in [5, 5.41) is 9.91. The molecule has 2 heterocycles. The van der Waals surface area contributed by atoms with E-state index >= 15 is 0 Å². The molecule has 2 aliphatic rings. The highest BCUT2D eigenvalue weighted by molar-refractivity contribution is 7.93. The molecule has 0 aromatic carbocycles. The zero-order valence-electron chi connectivity index (χ0n) is 10.4. The van der Waals surface area contributed by atoms with Crippen molar-refractivity contribution in [2.75, 3.05) is 13.7 Å². The summed E-state index contributed by atoms with van der Waals surface area (Å²) in [5.41, 5.74) is -0.745. The van der Waals surface area contributed by atoms with E-state index in [1.165, 1.54) is 0 Å². The fourth-order valence-electron chi connectivity index (χ4n) is 3.24. The third kappa shape index (κ3) is 2.66. The summed E-state index contributed by atoms with van der Waals surface area (Å²) >= 11 is 0. The highest BCUT2D eigenvalue weighted by atomic mass is 32.2. The lowest BCUT2D eigenvalue weighted by Gasteiger charge is -2.36. The predicted octanol–water partition coefficient (Wildman–Crippen LogP) is 1.27. The molecule has 0 spiro atoms. The molecule has 2 bridgehead atoms. The summed E-state index contributed by atoms with van der Waals surface area (Å²) in [6.07, 6.45) is 4.92. The Kier molecular flexibility index (Phi) is 3.80. The quantitative estimate of drug-likeness (QED) is 0.758. The first-order chi connectivity index (χ1) is 7.98. The minimum absolute atomic E-state index is 0.284. The molecule has 4 nitrogen and oxygen atoms in total. The molecule has 17 heavy (non-hydrogen) atoms. The van der Waals surface area contributed by atoms with Crippen LogP contribution in [0.15, 0.2) is 0 Å². The SMILES string of the molecule is COCCCCC1(O)CC2CCC(C1)S2(=O)=O. The number of methoxy groups -OCH3 is 1. The van der Waals surface area contributed by atoms with Crippen LogP contribution in [-0.2, 0) is 14.6 Å². The summed E-state index contributed by atoms with van der Waals surface area (Å²) in [6.45, 7) is 0.710. The topological polar surface area (TPSA) is 63.6 Å². The second-order valence-electron chi connectivity index (χ2n) is 5.49. The molecule has 0 radical (unpaired) electrons. The Bertz CT molecular complexity index is 343. The number of aliphatic hydroxyl groups is 1. The molecule has 0 aliphatic carbocycles. The van der Waals surface area contributed by atoms with Gasteiger partial charge in [-0.3, -0.25) is 0 Å². The van der Waals surface area contributed by atoms with E-state index < -0.39 is 15.4 Å². The van der Waals surface area contributed by atoms with Crippen LogP contribution in [-0.4, -0.2) is 43.3 Å². The van der Waals surface area contributed by atoms with Gasteiger partial charge in [0.15, 0.2) is 9.84 Å². The maximum atomic E-state index is 11.9. The lowest BCUT2D eigenvalue weighted by atomic mass is 9.88. The van der Waals surface area contributed by atoms with Crippen molar-refractivity contribution in [1.29, 1.82) is 0 Å². The fraction of sp³-hybridized carbons (Fsp3) is 1.00. The van der Waals surface area contributed by atoms with Gasteiger partial charge >= 0.3 is 0 Å². The molecule has 2 unspecified atom stereocenters. The van der Waals surface area contributed by atoms with Crippen LogP contribution in [0.3, 0.4) is 0 Å². The predicted molar refractivity (Wildman–Crippen MR) is 65.6 cm³/mol. The highest BCUT2D eigenvalue weighted by Crippen LogP contribution is 2.44. The van der Waals surface area contributed by atoms with E-state index in [0.717, 1.165) is 25.7 Å². The first-order valence-electron chi connectivity index (χ1n) is 6.42. The van der Waals surface area contributed by atoms with Gasteiger partial charge in [-0.25, -0.2) is 8.42 Å². The van der Waals surface area contributed by atoms with E-state index in [2.05, 4.69) is 0 Å². The van der Waals surface area contributed by atoms with Crippen molar-refractivity contribution in [3.05, 3.63) is 0 Å². The Hall–Kier alpha value is -0.130. The normalized spacial score (nSPS) is 39.4. The molecule has 2 saturated heterocycles. The molecule has 2 rings (SSSR count). The Morgan fingerprint density at radius 3 is 2.35 bits per heavy atom. The minimum Gasteiger partial charge on any atom is -0.390 e. The van der Waals surface area contributed by atoms with Crippen LogP contribution in [0.5, 0.6) is 0 Å². The molecule has 5 heteroatoms. The van der Waals surface area contributed by atoms with Crippen LogP contribution in [0.25, 0.3) is 0 Å². The van der Waals surface area contributed by atoms with Gasteiger partial charge in [0, 0.05) is 13.7 Å². The van der Waals surface area contributed by atoms with Crippen LogP contribution in [0.2, 0.25) is 0 Å². The van der Waals surface area contributed by atoms with Crippen LogP contribution >= 0.6 is 0 Å². The van der Waals surface area contributed by atoms with Gasteiger partial charge in [-0.15, -0.1) is 0 Å². The van der Waals surface area contributed by atoms with Crippen molar-refractivity contribution in [3.63, 3.8) is 0 Å². The number of fused-ring (bicyclic) bond motifs is 2. The van der Waals surface area contributed by atoms with Crippen molar-refractivity contribution in [2.24, 2.45) is 0 Å². The van der Waals surface area contributed by atoms with Gasteiger partial charge < -0.3 is 9.84 Å². The average Bonchev–Trinajstić information content (AvgIpc) is 2.47. The van der Waals surface area contributed by atoms with Crippen molar-refractivity contribution < 1.29 is 18.3 Å². The molecule has 2 atom stereocenters. The third-order valence-electron chi connectivity index (χ3n) is 4.20. The fourth-order valence-corrected chi connectivity index (χ4v) is 5.80. The van der Waals surface area contributed by atoms with Gasteiger partial charge in [0.2, 0.25) is 0 Å². The Labute approximate surface area is 103 Å². The first kappa shape index (κ1) is 13.3. The summed E-state index contributed by atoms with van der Waals surface area (Å²) in [7, 11) is -1.25. The molecular formula is C12H22O4S. The van der Waals surface area contributed by atoms with E-state index in [1.807, 2.05) is 0 Å². The largest absolute Gasteiger partial charge is 0.390 e. The minimum atomic E-state index is -2.92. The second kappa shape index (κ2) is 4.86. The van der Waals surface area contributed by atoms with Crippen molar-refractivity contribution in [3.8, 4) is 0 Å². The first-order valence-corrected chi connectivity index (χ1v) is 8.03. The van der Waals surface area contributed by atoms with Crippen LogP contribution < -0.4 is 0 Å². The summed E-state index contributed by atoms with van der Waals surface area (Å²) in [6, 6.07) is 0. The summed E-state index contributed by atoms with van der Waals surface area (Å²) in [5.74, 6) is 0. The van der Waals surface area contributed by atoms with Gasteiger partial charge in [-0.1, -0.05) is 0 Å². The highest BCUT2D eigenvalue weighted by Gasteiger charge is 2.52. The molecule has 2 fully saturated rings. The Balaban J connectivity index is 1.92. The van der Waals surface area contributed by atoms with E-state index in [9.17, 15) is 13.5 Å². The Morgan fingerprint density at radius 2 is 1.82 bits per heavy atom. The zero-order chi connectivity index (χ0) is 12.5. The number of hydrogen-bond acceptors (Lipinski definition) is 4. The molecule has 0 aromatic heterocycles. The van der Waals surface area contributed by atoms with E-state index in [1.54, 1.807) is 7.11 Å². The lowest BCUT2D eigenvalue weighted by molar-refractivity contribution is 0.00953. The maximum Gasteiger partial charge on any atom is 0.156 e. The van der Waals surface area contributed by atoms with Crippen molar-refractivity contribution in [1.82, 2.24) is 0 Å². The molecule has 0 saturated carbocycles. The van der Waals surface area contributed by atoms with Crippen LogP contribution in [0.1, 0.15) is 44.9 Å². The summed E-state index contributed by atoms with van der Waals surface area (Å²) < 4.78 is 28.8. The average molecular weight is 262 g/mol. The number of hydrogen-bond donors (Lipinski definition) is 1. The number of rotatable bonds is 5. The van der Waals surface area contributed by atoms with E-state index in [0.29, 0.717) is 25.9 Å².